The van der Waals surface area contributed by atoms with Gasteiger partial charge in [-0.1, -0.05) is 0 Å². The van der Waals surface area contributed by atoms with Gasteiger partial charge in [0.25, 0.3) is 0 Å². The maximum atomic E-state index is 11.6. The summed E-state index contributed by atoms with van der Waals surface area (Å²) >= 11 is 0. The molecule has 98 valence electrons. The van der Waals surface area contributed by atoms with Crippen LogP contribution in [0.15, 0.2) is 18.3 Å². The zero-order valence-electron chi connectivity index (χ0n) is 10.5. The maximum absolute atomic E-state index is 11.6. The van der Waals surface area contributed by atoms with Gasteiger partial charge in [0.05, 0.1) is 7.11 Å². The maximum Gasteiger partial charge on any atom is 0.341 e. The number of methoxy groups -OCH3 is 1. The van der Waals surface area contributed by atoms with Crippen LogP contribution in [0, 0.1) is 5.92 Å². The number of esters is 1. The first-order chi connectivity index (χ1) is 8.81. The number of nitrogens with zero attached hydrogens (tertiary/aromatic N) is 1. The fourth-order valence-electron chi connectivity index (χ4n) is 2.01. The highest BCUT2D eigenvalue weighted by atomic mass is 16.5. The molecule has 1 fully saturated rings. The van der Waals surface area contributed by atoms with Crippen LogP contribution in [0.2, 0.25) is 0 Å². The van der Waals surface area contributed by atoms with Gasteiger partial charge in [0.15, 0.2) is 0 Å². The minimum Gasteiger partial charge on any atom is -0.465 e. The number of rotatable bonds is 4. The second-order valence-corrected chi connectivity index (χ2v) is 4.33. The molecule has 1 aromatic rings. The first-order valence-electron chi connectivity index (χ1n) is 6.16. The average Bonchev–Trinajstić information content (AvgIpc) is 2.45. The molecule has 2 heterocycles. The lowest BCUT2D eigenvalue weighted by molar-refractivity contribution is 0.0600. The Bertz CT molecular complexity index is 403. The van der Waals surface area contributed by atoms with Gasteiger partial charge in [0.1, 0.15) is 11.4 Å². The quantitative estimate of drug-likeness (QED) is 0.824. The molecule has 0 unspecified atom stereocenters. The number of hydrogen-bond acceptors (Lipinski definition) is 5. The highest BCUT2D eigenvalue weighted by Gasteiger charge is 2.16. The zero-order valence-corrected chi connectivity index (χ0v) is 10.5. The fourth-order valence-corrected chi connectivity index (χ4v) is 2.01. The van der Waals surface area contributed by atoms with Gasteiger partial charge in [-0.3, -0.25) is 0 Å². The van der Waals surface area contributed by atoms with Crippen LogP contribution in [0.4, 0.5) is 5.82 Å². The Morgan fingerprint density at radius 3 is 3.06 bits per heavy atom. The van der Waals surface area contributed by atoms with Crippen molar-refractivity contribution in [1.82, 2.24) is 4.98 Å². The van der Waals surface area contributed by atoms with Crippen molar-refractivity contribution in [2.45, 2.75) is 12.8 Å². The van der Waals surface area contributed by atoms with E-state index >= 15 is 0 Å². The van der Waals surface area contributed by atoms with Crippen molar-refractivity contribution in [3.05, 3.63) is 23.9 Å². The van der Waals surface area contributed by atoms with Crippen LogP contribution in [0.3, 0.4) is 0 Å². The molecule has 0 radical (unpaired) electrons. The Balaban J connectivity index is 1.97. The molecule has 1 saturated heterocycles. The van der Waals surface area contributed by atoms with Gasteiger partial charge < -0.3 is 14.8 Å². The predicted molar refractivity (Wildman–Crippen MR) is 67.6 cm³/mol. The summed E-state index contributed by atoms with van der Waals surface area (Å²) in [4.78, 5) is 15.8. The van der Waals surface area contributed by atoms with Crippen LogP contribution in [0.1, 0.15) is 23.2 Å². The molecule has 0 spiro atoms. The van der Waals surface area contributed by atoms with E-state index in [0.29, 0.717) is 17.3 Å². The summed E-state index contributed by atoms with van der Waals surface area (Å²) in [5.41, 5.74) is 0.479. The number of anilines is 1. The summed E-state index contributed by atoms with van der Waals surface area (Å²) in [6.07, 6.45) is 3.76. The van der Waals surface area contributed by atoms with E-state index in [4.69, 9.17) is 9.47 Å². The first-order valence-corrected chi connectivity index (χ1v) is 6.16. The second-order valence-electron chi connectivity index (χ2n) is 4.33. The Hall–Kier alpha value is -1.62. The molecule has 0 atom stereocenters. The molecule has 0 bridgehead atoms. The third-order valence-corrected chi connectivity index (χ3v) is 3.11. The van der Waals surface area contributed by atoms with Gasteiger partial charge >= 0.3 is 5.97 Å². The molecule has 0 aliphatic carbocycles. The summed E-state index contributed by atoms with van der Waals surface area (Å²) in [6, 6.07) is 3.44. The molecular weight excluding hydrogens is 232 g/mol. The number of carbonyl (C=O) groups excluding carboxylic acids is 1. The number of hydrogen-bond donors (Lipinski definition) is 1. The number of carbonyl (C=O) groups is 1. The zero-order chi connectivity index (χ0) is 12.8. The Labute approximate surface area is 107 Å². The molecule has 5 nitrogen and oxygen atoms in total. The van der Waals surface area contributed by atoms with Crippen molar-refractivity contribution in [3.8, 4) is 0 Å². The van der Waals surface area contributed by atoms with E-state index in [1.807, 2.05) is 0 Å². The van der Waals surface area contributed by atoms with Crippen molar-refractivity contribution in [3.63, 3.8) is 0 Å². The molecular formula is C13H18N2O3. The normalized spacial score (nSPS) is 16.3. The van der Waals surface area contributed by atoms with Crippen molar-refractivity contribution in [2.24, 2.45) is 5.92 Å². The van der Waals surface area contributed by atoms with E-state index in [-0.39, 0.29) is 5.97 Å². The molecule has 0 saturated carbocycles. The fraction of sp³-hybridized carbons (Fsp3) is 0.538. The molecule has 1 N–H and O–H groups in total. The van der Waals surface area contributed by atoms with Crippen molar-refractivity contribution in [2.75, 3.05) is 32.2 Å². The Kier molecular flexibility index (Phi) is 4.52. The summed E-state index contributed by atoms with van der Waals surface area (Å²) in [5.74, 6) is 0.805. The Morgan fingerprint density at radius 1 is 1.56 bits per heavy atom. The molecule has 0 aromatic carbocycles. The van der Waals surface area contributed by atoms with E-state index in [0.717, 1.165) is 32.6 Å². The SMILES string of the molecule is COC(=O)c1cccnc1NCC1CCOCC1. The van der Waals surface area contributed by atoms with Gasteiger partial charge in [-0.2, -0.15) is 0 Å². The molecule has 18 heavy (non-hydrogen) atoms. The lowest BCUT2D eigenvalue weighted by Crippen LogP contribution is -2.23. The summed E-state index contributed by atoms with van der Waals surface area (Å²) < 4.78 is 10.0. The van der Waals surface area contributed by atoms with Gasteiger partial charge in [-0.25, -0.2) is 9.78 Å². The number of nitrogens with one attached hydrogen (secondary N) is 1. The van der Waals surface area contributed by atoms with E-state index in [9.17, 15) is 4.79 Å². The van der Waals surface area contributed by atoms with Gasteiger partial charge in [-0.15, -0.1) is 0 Å². The van der Waals surface area contributed by atoms with Crippen LogP contribution >= 0.6 is 0 Å². The van der Waals surface area contributed by atoms with Gasteiger partial charge in [0.2, 0.25) is 0 Å². The lowest BCUT2D eigenvalue weighted by atomic mass is 10.0. The Morgan fingerprint density at radius 2 is 2.33 bits per heavy atom. The van der Waals surface area contributed by atoms with Gasteiger partial charge in [0, 0.05) is 26.0 Å². The summed E-state index contributed by atoms with van der Waals surface area (Å²) in [5, 5.41) is 3.23. The molecule has 1 aliphatic rings. The van der Waals surface area contributed by atoms with E-state index < -0.39 is 0 Å². The van der Waals surface area contributed by atoms with E-state index in [2.05, 4.69) is 10.3 Å². The minimum absolute atomic E-state index is 0.363. The van der Waals surface area contributed by atoms with Gasteiger partial charge in [-0.05, 0) is 30.9 Å². The number of aromatic nitrogens is 1. The highest BCUT2D eigenvalue weighted by Crippen LogP contribution is 2.17. The average molecular weight is 250 g/mol. The standard InChI is InChI=1S/C13H18N2O3/c1-17-13(16)11-3-2-6-14-12(11)15-9-10-4-7-18-8-5-10/h2-3,6,10H,4-5,7-9H2,1H3,(H,14,15). The molecule has 0 amide bonds. The predicted octanol–water partition coefficient (Wildman–Crippen LogP) is 1.71. The van der Waals surface area contributed by atoms with Crippen LogP contribution in [0.5, 0.6) is 0 Å². The third-order valence-electron chi connectivity index (χ3n) is 3.11. The minimum atomic E-state index is -0.363. The van der Waals surface area contributed by atoms with Crippen molar-refractivity contribution >= 4 is 11.8 Å². The lowest BCUT2D eigenvalue weighted by Gasteiger charge is -2.22. The summed E-state index contributed by atoms with van der Waals surface area (Å²) in [6.45, 7) is 2.45. The molecule has 5 heteroatoms. The molecule has 1 aromatic heterocycles. The van der Waals surface area contributed by atoms with Crippen LogP contribution in [-0.2, 0) is 9.47 Å². The van der Waals surface area contributed by atoms with Crippen LogP contribution in [0.25, 0.3) is 0 Å². The smallest absolute Gasteiger partial charge is 0.341 e. The first kappa shape index (κ1) is 12.8. The van der Waals surface area contributed by atoms with Crippen LogP contribution < -0.4 is 5.32 Å². The van der Waals surface area contributed by atoms with Crippen molar-refractivity contribution < 1.29 is 14.3 Å². The largest absolute Gasteiger partial charge is 0.465 e. The number of ether oxygens (including phenoxy) is 2. The van der Waals surface area contributed by atoms with E-state index in [1.165, 1.54) is 7.11 Å². The number of pyridine rings is 1. The van der Waals surface area contributed by atoms with Crippen LogP contribution in [-0.4, -0.2) is 37.8 Å². The molecule has 1 aliphatic heterocycles. The summed E-state index contributed by atoms with van der Waals surface area (Å²) in [7, 11) is 1.37. The highest BCUT2D eigenvalue weighted by molar-refractivity contribution is 5.94. The van der Waals surface area contributed by atoms with E-state index in [1.54, 1.807) is 18.3 Å². The molecule has 2 rings (SSSR count). The topological polar surface area (TPSA) is 60.5 Å². The second kappa shape index (κ2) is 6.35. The van der Waals surface area contributed by atoms with Crippen molar-refractivity contribution in [1.29, 1.82) is 0 Å². The third kappa shape index (κ3) is 3.20. The monoisotopic (exact) mass is 250 g/mol.